The molecule has 1 aromatic heterocycles. The van der Waals surface area contributed by atoms with Gasteiger partial charge >= 0.3 is 0 Å². The zero-order valence-electron chi connectivity index (χ0n) is 12.4. The van der Waals surface area contributed by atoms with Gasteiger partial charge in [0.05, 0.1) is 18.5 Å². The molecule has 2 aromatic rings. The van der Waals surface area contributed by atoms with Gasteiger partial charge in [-0.1, -0.05) is 12.1 Å². The minimum atomic E-state index is 0.106. The molecule has 1 spiro atoms. The number of aromatic nitrogens is 1. The summed E-state index contributed by atoms with van der Waals surface area (Å²) in [5.74, 6) is 0.570. The molecule has 0 aliphatic carbocycles. The molecule has 114 valence electrons. The molecule has 2 aliphatic heterocycles. The lowest BCUT2D eigenvalue weighted by atomic mass is 9.72. The molecule has 5 heteroatoms. The molecule has 2 fully saturated rings. The van der Waals surface area contributed by atoms with E-state index in [0.29, 0.717) is 11.2 Å². The predicted octanol–water partition coefficient (Wildman–Crippen LogP) is 1.48. The fourth-order valence-corrected chi connectivity index (χ4v) is 3.49. The van der Waals surface area contributed by atoms with Crippen molar-refractivity contribution >= 4 is 17.2 Å². The van der Waals surface area contributed by atoms with Gasteiger partial charge in [0, 0.05) is 37.3 Å². The number of nitrogens with zero attached hydrogens (tertiary/aromatic N) is 3. The molecule has 2 aliphatic rings. The van der Waals surface area contributed by atoms with E-state index < -0.39 is 0 Å². The van der Waals surface area contributed by atoms with Gasteiger partial charge < -0.3 is 20.6 Å². The number of nitrogens with two attached hydrogens (primary N) is 1. The Bertz CT molecular complexity index is 654. The van der Waals surface area contributed by atoms with Crippen molar-refractivity contribution in [2.75, 3.05) is 41.7 Å². The molecule has 2 saturated heterocycles. The Hall–Kier alpha value is -2.27. The monoisotopic (exact) mass is 296 g/mol. The van der Waals surface area contributed by atoms with Gasteiger partial charge in [-0.05, 0) is 29.8 Å². The van der Waals surface area contributed by atoms with Gasteiger partial charge in [0.15, 0.2) is 0 Å². The summed E-state index contributed by atoms with van der Waals surface area (Å²) in [5.41, 5.74) is 9.42. The number of aliphatic hydroxyl groups is 1. The number of pyridine rings is 1. The topological polar surface area (TPSA) is 65.6 Å². The van der Waals surface area contributed by atoms with E-state index in [9.17, 15) is 0 Å². The van der Waals surface area contributed by atoms with Crippen molar-refractivity contribution in [3.05, 3.63) is 48.2 Å². The van der Waals surface area contributed by atoms with Crippen LogP contribution in [0.25, 0.3) is 0 Å². The maximum atomic E-state index is 9.09. The van der Waals surface area contributed by atoms with Gasteiger partial charge in [0.25, 0.3) is 0 Å². The van der Waals surface area contributed by atoms with Crippen LogP contribution in [0.3, 0.4) is 0 Å². The molecule has 3 heterocycles. The summed E-state index contributed by atoms with van der Waals surface area (Å²) in [5, 5.41) is 9.09. The molecular weight excluding hydrogens is 276 g/mol. The second-order valence-corrected chi connectivity index (χ2v) is 6.48. The zero-order chi connectivity index (χ0) is 15.2. The summed E-state index contributed by atoms with van der Waals surface area (Å²) in [4.78, 5) is 8.92. The molecule has 0 radical (unpaired) electrons. The molecule has 5 nitrogen and oxygen atoms in total. The second-order valence-electron chi connectivity index (χ2n) is 6.48. The minimum absolute atomic E-state index is 0.106. The van der Waals surface area contributed by atoms with Gasteiger partial charge in [0.1, 0.15) is 5.82 Å². The quantitative estimate of drug-likeness (QED) is 0.898. The largest absolute Gasteiger partial charge is 0.392 e. The minimum Gasteiger partial charge on any atom is -0.392 e. The lowest BCUT2D eigenvalue weighted by Crippen LogP contribution is -2.72. The average molecular weight is 296 g/mol. The molecule has 22 heavy (non-hydrogen) atoms. The molecule has 3 N–H and O–H groups in total. The van der Waals surface area contributed by atoms with E-state index in [2.05, 4.69) is 26.9 Å². The lowest BCUT2D eigenvalue weighted by molar-refractivity contribution is 0.156. The molecule has 0 saturated carbocycles. The normalized spacial score (nSPS) is 19.0. The summed E-state index contributed by atoms with van der Waals surface area (Å²) in [7, 11) is 0. The molecule has 0 unspecified atom stereocenters. The van der Waals surface area contributed by atoms with E-state index in [1.807, 2.05) is 30.5 Å². The van der Waals surface area contributed by atoms with E-state index in [-0.39, 0.29) is 6.61 Å². The first-order valence-electron chi connectivity index (χ1n) is 7.59. The number of nitrogen functional groups attached to an aromatic ring is 1. The highest BCUT2D eigenvalue weighted by molar-refractivity contribution is 5.56. The van der Waals surface area contributed by atoms with E-state index in [1.54, 1.807) is 0 Å². The van der Waals surface area contributed by atoms with Crippen molar-refractivity contribution in [3.8, 4) is 0 Å². The van der Waals surface area contributed by atoms with Crippen molar-refractivity contribution in [2.45, 2.75) is 6.61 Å². The second kappa shape index (κ2) is 4.88. The van der Waals surface area contributed by atoms with Crippen molar-refractivity contribution in [1.82, 2.24) is 4.98 Å². The maximum Gasteiger partial charge on any atom is 0.123 e. The molecule has 0 bridgehead atoms. The van der Waals surface area contributed by atoms with E-state index in [1.165, 1.54) is 5.69 Å². The predicted molar refractivity (Wildman–Crippen MR) is 87.9 cm³/mol. The van der Waals surface area contributed by atoms with Gasteiger partial charge in [-0.15, -0.1) is 0 Å². The Balaban J connectivity index is 1.35. The molecule has 0 amide bonds. The van der Waals surface area contributed by atoms with Crippen molar-refractivity contribution in [3.63, 3.8) is 0 Å². The average Bonchev–Trinajstić information content (AvgIpc) is 2.47. The standard InChI is InChI=1S/C17H20N4O/c18-16-6-5-15(7-19-16)21-11-17(12-21)9-20(10-17)14-3-1-13(8-22)2-4-14/h1-7,22H,8-12H2,(H2,18,19). The van der Waals surface area contributed by atoms with Crippen LogP contribution in [-0.2, 0) is 6.61 Å². The van der Waals surface area contributed by atoms with Crippen LogP contribution in [-0.4, -0.2) is 36.3 Å². The van der Waals surface area contributed by atoms with Crippen LogP contribution in [0.4, 0.5) is 17.2 Å². The lowest BCUT2D eigenvalue weighted by Gasteiger charge is -2.61. The highest BCUT2D eigenvalue weighted by Gasteiger charge is 2.51. The van der Waals surface area contributed by atoms with E-state index in [0.717, 1.165) is 37.4 Å². The van der Waals surface area contributed by atoms with Crippen molar-refractivity contribution in [2.24, 2.45) is 5.41 Å². The van der Waals surface area contributed by atoms with Gasteiger partial charge in [0.2, 0.25) is 0 Å². The van der Waals surface area contributed by atoms with Crippen LogP contribution < -0.4 is 15.5 Å². The summed E-state index contributed by atoms with van der Waals surface area (Å²) in [6.07, 6.45) is 1.85. The van der Waals surface area contributed by atoms with Crippen LogP contribution in [0.5, 0.6) is 0 Å². The van der Waals surface area contributed by atoms with Crippen LogP contribution in [0.2, 0.25) is 0 Å². The highest BCUT2D eigenvalue weighted by atomic mass is 16.3. The SMILES string of the molecule is Nc1ccc(N2CC3(CN(c4ccc(CO)cc4)C3)C2)cn1. The summed E-state index contributed by atoms with van der Waals surface area (Å²) < 4.78 is 0. The van der Waals surface area contributed by atoms with Crippen LogP contribution in [0, 0.1) is 5.41 Å². The Kier molecular flexibility index (Phi) is 2.97. The fraction of sp³-hybridized carbons (Fsp3) is 0.353. The summed E-state index contributed by atoms with van der Waals surface area (Å²) >= 11 is 0. The van der Waals surface area contributed by atoms with Crippen molar-refractivity contribution < 1.29 is 5.11 Å². The first-order chi connectivity index (χ1) is 10.7. The first kappa shape index (κ1) is 13.4. The third-order valence-corrected chi connectivity index (χ3v) is 4.73. The van der Waals surface area contributed by atoms with E-state index in [4.69, 9.17) is 10.8 Å². The van der Waals surface area contributed by atoms with Crippen LogP contribution in [0.1, 0.15) is 5.56 Å². The molecular formula is C17H20N4O. The number of aliphatic hydroxyl groups excluding tert-OH is 1. The number of hydrogen-bond acceptors (Lipinski definition) is 5. The zero-order valence-corrected chi connectivity index (χ0v) is 12.4. The summed E-state index contributed by atoms with van der Waals surface area (Å²) in [6.45, 7) is 4.48. The number of hydrogen-bond donors (Lipinski definition) is 2. The van der Waals surface area contributed by atoms with E-state index >= 15 is 0 Å². The Labute approximate surface area is 130 Å². The fourth-order valence-electron chi connectivity index (χ4n) is 3.49. The van der Waals surface area contributed by atoms with Crippen molar-refractivity contribution in [1.29, 1.82) is 0 Å². The Morgan fingerprint density at radius 3 is 2.09 bits per heavy atom. The van der Waals surface area contributed by atoms with Gasteiger partial charge in [-0.3, -0.25) is 0 Å². The number of benzene rings is 1. The Morgan fingerprint density at radius 2 is 1.55 bits per heavy atom. The molecule has 1 aromatic carbocycles. The molecule has 4 rings (SSSR count). The van der Waals surface area contributed by atoms with Gasteiger partial charge in [-0.2, -0.15) is 0 Å². The first-order valence-corrected chi connectivity index (χ1v) is 7.59. The van der Waals surface area contributed by atoms with Crippen LogP contribution in [0.15, 0.2) is 42.6 Å². The highest BCUT2D eigenvalue weighted by Crippen LogP contribution is 2.43. The third-order valence-electron chi connectivity index (χ3n) is 4.73. The third kappa shape index (κ3) is 2.18. The number of anilines is 3. The maximum absolute atomic E-state index is 9.09. The van der Waals surface area contributed by atoms with Gasteiger partial charge in [-0.25, -0.2) is 4.98 Å². The summed E-state index contributed by atoms with van der Waals surface area (Å²) in [6, 6.07) is 12.1. The Morgan fingerprint density at radius 1 is 0.955 bits per heavy atom. The smallest absolute Gasteiger partial charge is 0.123 e. The van der Waals surface area contributed by atoms with Crippen LogP contribution >= 0.6 is 0 Å². The number of rotatable bonds is 3. The molecule has 0 atom stereocenters.